The Bertz CT molecular complexity index is 791. The Morgan fingerprint density at radius 2 is 1.41 bits per heavy atom. The van der Waals surface area contributed by atoms with Crippen molar-refractivity contribution in [1.29, 1.82) is 5.26 Å². The van der Waals surface area contributed by atoms with Crippen LogP contribution in [-0.4, -0.2) is 24.8 Å². The number of benzene rings is 2. The zero-order valence-corrected chi connectivity index (χ0v) is 16.2. The number of alkyl carbamates (subject to hydrolysis) is 2. The van der Waals surface area contributed by atoms with Crippen molar-refractivity contribution in [3.63, 3.8) is 0 Å². The van der Waals surface area contributed by atoms with Gasteiger partial charge in [0.15, 0.2) is 0 Å². The summed E-state index contributed by atoms with van der Waals surface area (Å²) in [5, 5.41) is 14.4. The molecule has 1 atom stereocenters. The molecule has 0 saturated heterocycles. The maximum atomic E-state index is 11.8. The lowest BCUT2D eigenvalue weighted by Crippen LogP contribution is -2.34. The van der Waals surface area contributed by atoms with Gasteiger partial charge in [0, 0.05) is 6.54 Å². The molecule has 0 spiro atoms. The van der Waals surface area contributed by atoms with E-state index in [4.69, 9.17) is 9.47 Å². The van der Waals surface area contributed by atoms with Crippen molar-refractivity contribution in [2.24, 2.45) is 0 Å². The molecule has 0 fully saturated rings. The summed E-state index contributed by atoms with van der Waals surface area (Å²) in [6.45, 7) is 0.808. The van der Waals surface area contributed by atoms with Crippen molar-refractivity contribution in [2.75, 3.05) is 6.54 Å². The molecular formula is C22H25N3O4. The number of carbonyl (C=O) groups is 2. The Hall–Kier alpha value is -3.53. The van der Waals surface area contributed by atoms with Crippen molar-refractivity contribution >= 4 is 12.2 Å². The van der Waals surface area contributed by atoms with Crippen molar-refractivity contribution in [1.82, 2.24) is 10.6 Å². The zero-order chi connectivity index (χ0) is 20.7. The molecule has 2 amide bonds. The van der Waals surface area contributed by atoms with Gasteiger partial charge in [0.2, 0.25) is 0 Å². The lowest BCUT2D eigenvalue weighted by atomic mass is 10.1. The van der Waals surface area contributed by atoms with E-state index in [1.165, 1.54) is 0 Å². The third-order valence-corrected chi connectivity index (χ3v) is 4.06. The second-order valence-electron chi connectivity index (χ2n) is 6.37. The first-order chi connectivity index (χ1) is 14.2. The Labute approximate surface area is 170 Å². The first-order valence-corrected chi connectivity index (χ1v) is 9.49. The largest absolute Gasteiger partial charge is 0.445 e. The SMILES string of the molecule is N#C[C@@H](CCCCNC(=O)OCc1ccccc1)NC(=O)OCc1ccccc1. The molecule has 0 aromatic heterocycles. The van der Waals surface area contributed by atoms with Gasteiger partial charge in [0.1, 0.15) is 19.3 Å². The molecule has 2 rings (SSSR count). The van der Waals surface area contributed by atoms with E-state index in [0.29, 0.717) is 25.8 Å². The number of unbranched alkanes of at least 4 members (excludes halogenated alkanes) is 1. The number of hydrogen-bond acceptors (Lipinski definition) is 5. The highest BCUT2D eigenvalue weighted by molar-refractivity contribution is 5.68. The fourth-order valence-corrected chi connectivity index (χ4v) is 2.51. The first kappa shape index (κ1) is 21.8. The molecule has 0 aliphatic heterocycles. The van der Waals surface area contributed by atoms with Gasteiger partial charge in [-0.2, -0.15) is 5.26 Å². The lowest BCUT2D eigenvalue weighted by molar-refractivity contribution is 0.137. The van der Waals surface area contributed by atoms with E-state index in [-0.39, 0.29) is 13.2 Å². The van der Waals surface area contributed by atoms with E-state index in [1.54, 1.807) is 0 Å². The van der Waals surface area contributed by atoms with Crippen LogP contribution in [0, 0.1) is 11.3 Å². The summed E-state index contributed by atoms with van der Waals surface area (Å²) in [6.07, 6.45) is 0.698. The van der Waals surface area contributed by atoms with Crippen molar-refractivity contribution in [3.8, 4) is 6.07 Å². The van der Waals surface area contributed by atoms with E-state index >= 15 is 0 Å². The smallest absolute Gasteiger partial charge is 0.408 e. The number of nitrogens with one attached hydrogen (secondary N) is 2. The highest BCUT2D eigenvalue weighted by atomic mass is 16.6. The van der Waals surface area contributed by atoms with E-state index in [0.717, 1.165) is 11.1 Å². The van der Waals surface area contributed by atoms with Crippen LogP contribution in [0.15, 0.2) is 60.7 Å². The van der Waals surface area contributed by atoms with Gasteiger partial charge >= 0.3 is 12.2 Å². The number of rotatable bonds is 10. The summed E-state index contributed by atoms with van der Waals surface area (Å²) in [7, 11) is 0. The Kier molecular flexibility index (Phi) is 9.60. The molecule has 7 nitrogen and oxygen atoms in total. The van der Waals surface area contributed by atoms with Crippen molar-refractivity contribution < 1.29 is 19.1 Å². The minimum Gasteiger partial charge on any atom is -0.445 e. The quantitative estimate of drug-likeness (QED) is 0.594. The number of carbonyl (C=O) groups excluding carboxylic acids is 2. The van der Waals surface area contributed by atoms with Gasteiger partial charge in [0.05, 0.1) is 6.07 Å². The predicted molar refractivity (Wildman–Crippen MR) is 108 cm³/mol. The third-order valence-electron chi connectivity index (χ3n) is 4.06. The minimum atomic E-state index is -0.636. The monoisotopic (exact) mass is 395 g/mol. The predicted octanol–water partition coefficient (Wildman–Crippen LogP) is 3.90. The molecule has 0 unspecified atom stereocenters. The van der Waals surface area contributed by atoms with Crippen LogP contribution in [0.3, 0.4) is 0 Å². The molecule has 0 bridgehead atoms. The molecule has 0 aliphatic rings. The average molecular weight is 395 g/mol. The summed E-state index contributed by atoms with van der Waals surface area (Å²) in [6, 6.07) is 20.2. The Morgan fingerprint density at radius 3 is 1.97 bits per heavy atom. The molecule has 2 N–H and O–H groups in total. The van der Waals surface area contributed by atoms with Gasteiger partial charge in [-0.15, -0.1) is 0 Å². The number of hydrogen-bond donors (Lipinski definition) is 2. The molecule has 0 aliphatic carbocycles. The van der Waals surface area contributed by atoms with Crippen LogP contribution in [0.4, 0.5) is 9.59 Å². The number of amides is 2. The van der Waals surface area contributed by atoms with E-state index in [2.05, 4.69) is 10.6 Å². The van der Waals surface area contributed by atoms with Crippen LogP contribution >= 0.6 is 0 Å². The van der Waals surface area contributed by atoms with Crippen LogP contribution < -0.4 is 10.6 Å². The van der Waals surface area contributed by atoms with E-state index in [1.807, 2.05) is 66.7 Å². The first-order valence-electron chi connectivity index (χ1n) is 9.49. The van der Waals surface area contributed by atoms with Crippen LogP contribution in [-0.2, 0) is 22.7 Å². The fraction of sp³-hybridized carbons (Fsp3) is 0.318. The standard InChI is InChI=1S/C22H25N3O4/c23-15-20(25-22(27)29-17-19-11-5-2-6-12-19)13-7-8-14-24-21(26)28-16-18-9-3-1-4-10-18/h1-6,9-12,20H,7-8,13-14,16-17H2,(H,24,26)(H,25,27)/t20-/m1/s1. The van der Waals surface area contributed by atoms with Crippen molar-refractivity contribution in [3.05, 3.63) is 71.8 Å². The second-order valence-corrected chi connectivity index (χ2v) is 6.37. The van der Waals surface area contributed by atoms with Crippen LogP contribution in [0.5, 0.6) is 0 Å². The van der Waals surface area contributed by atoms with Crippen LogP contribution in [0.2, 0.25) is 0 Å². The lowest BCUT2D eigenvalue weighted by Gasteiger charge is -2.12. The van der Waals surface area contributed by atoms with Crippen LogP contribution in [0.25, 0.3) is 0 Å². The summed E-state index contributed by atoms with van der Waals surface area (Å²) in [5.74, 6) is 0. The Balaban J connectivity index is 1.54. The van der Waals surface area contributed by atoms with Gasteiger partial charge in [-0.3, -0.25) is 0 Å². The molecule has 0 saturated carbocycles. The maximum absolute atomic E-state index is 11.8. The van der Waals surface area contributed by atoms with Crippen molar-refractivity contribution in [2.45, 2.75) is 38.5 Å². The molecule has 152 valence electrons. The molecule has 7 heteroatoms. The number of nitriles is 1. The van der Waals surface area contributed by atoms with Crippen LogP contribution in [0.1, 0.15) is 30.4 Å². The molecular weight excluding hydrogens is 370 g/mol. The molecule has 29 heavy (non-hydrogen) atoms. The molecule has 2 aromatic carbocycles. The third kappa shape index (κ3) is 9.29. The van der Waals surface area contributed by atoms with Gasteiger partial charge in [-0.05, 0) is 30.4 Å². The highest BCUT2D eigenvalue weighted by Crippen LogP contribution is 2.04. The summed E-state index contributed by atoms with van der Waals surface area (Å²) in [4.78, 5) is 23.4. The minimum absolute atomic E-state index is 0.153. The summed E-state index contributed by atoms with van der Waals surface area (Å²) < 4.78 is 10.2. The highest BCUT2D eigenvalue weighted by Gasteiger charge is 2.12. The topological polar surface area (TPSA) is 100 Å². The van der Waals surface area contributed by atoms with Gasteiger partial charge in [-0.25, -0.2) is 9.59 Å². The molecule has 0 heterocycles. The van der Waals surface area contributed by atoms with Gasteiger partial charge < -0.3 is 20.1 Å². The normalized spacial score (nSPS) is 11.0. The zero-order valence-electron chi connectivity index (χ0n) is 16.2. The fourth-order valence-electron chi connectivity index (χ4n) is 2.51. The average Bonchev–Trinajstić information content (AvgIpc) is 2.76. The van der Waals surface area contributed by atoms with E-state index in [9.17, 15) is 14.9 Å². The number of ether oxygens (including phenoxy) is 2. The van der Waals surface area contributed by atoms with Gasteiger partial charge in [0.25, 0.3) is 0 Å². The summed E-state index contributed by atoms with van der Waals surface area (Å²) >= 11 is 0. The van der Waals surface area contributed by atoms with Gasteiger partial charge in [-0.1, -0.05) is 60.7 Å². The number of nitrogens with zero attached hydrogens (tertiary/aromatic N) is 1. The second kappa shape index (κ2) is 12.8. The Morgan fingerprint density at radius 1 is 0.862 bits per heavy atom. The molecule has 2 aromatic rings. The van der Waals surface area contributed by atoms with E-state index < -0.39 is 18.2 Å². The maximum Gasteiger partial charge on any atom is 0.408 e. The molecule has 0 radical (unpaired) electrons. The summed E-state index contributed by atoms with van der Waals surface area (Å²) in [5.41, 5.74) is 1.80.